The number of hydrogen-bond donors (Lipinski definition) is 0. The molecule has 0 saturated carbocycles. The van der Waals surface area contributed by atoms with Crippen LogP contribution in [0.3, 0.4) is 0 Å². The molecule has 3 heterocycles. The van der Waals surface area contributed by atoms with Gasteiger partial charge in [-0.05, 0) is 30.4 Å². The molecule has 2 aromatic rings. The van der Waals surface area contributed by atoms with Crippen molar-refractivity contribution in [2.24, 2.45) is 0 Å². The van der Waals surface area contributed by atoms with Crippen LogP contribution in [0.25, 0.3) is 0 Å². The second-order valence-electron chi connectivity index (χ2n) is 5.13. The van der Waals surface area contributed by atoms with Gasteiger partial charge in [0.05, 0.1) is 16.5 Å². The first kappa shape index (κ1) is 15.7. The maximum Gasteiger partial charge on any atom is 0.250 e. The minimum Gasteiger partial charge on any atom is -0.309 e. The van der Waals surface area contributed by atoms with E-state index in [9.17, 15) is 13.2 Å². The molecule has 5 nitrogen and oxygen atoms in total. The van der Waals surface area contributed by atoms with Gasteiger partial charge in [0.1, 0.15) is 0 Å². The Morgan fingerprint density at radius 2 is 1.91 bits per heavy atom. The highest BCUT2D eigenvalue weighted by atomic mass is 35.5. The Morgan fingerprint density at radius 3 is 2.55 bits per heavy atom. The van der Waals surface area contributed by atoms with Gasteiger partial charge < -0.3 is 4.57 Å². The van der Waals surface area contributed by atoms with Crippen LogP contribution in [0.1, 0.15) is 17.7 Å². The molecule has 1 aliphatic heterocycles. The van der Waals surface area contributed by atoms with Gasteiger partial charge in [-0.3, -0.25) is 4.79 Å². The zero-order chi connectivity index (χ0) is 15.7. The van der Waals surface area contributed by atoms with E-state index in [0.29, 0.717) is 18.1 Å². The Morgan fingerprint density at radius 1 is 1.18 bits per heavy atom. The number of hydrogen-bond acceptors (Lipinski definition) is 4. The fourth-order valence-electron chi connectivity index (χ4n) is 2.46. The lowest BCUT2D eigenvalue weighted by Gasteiger charge is -2.16. The van der Waals surface area contributed by atoms with E-state index in [2.05, 4.69) is 0 Å². The van der Waals surface area contributed by atoms with Crippen molar-refractivity contribution in [1.29, 1.82) is 0 Å². The minimum absolute atomic E-state index is 0.154. The zero-order valence-corrected chi connectivity index (χ0v) is 14.1. The maximum atomic E-state index is 12.6. The number of sulfonamides is 1. The van der Waals surface area contributed by atoms with Gasteiger partial charge >= 0.3 is 0 Å². The summed E-state index contributed by atoms with van der Waals surface area (Å²) in [5, 5.41) is 2.43. The average Bonchev–Trinajstić information content (AvgIpc) is 3.14. The molecule has 0 atom stereocenters. The lowest BCUT2D eigenvalue weighted by Crippen LogP contribution is -2.29. The molecule has 0 aliphatic carbocycles. The van der Waals surface area contributed by atoms with E-state index in [0.717, 1.165) is 17.7 Å². The summed E-state index contributed by atoms with van der Waals surface area (Å²) in [7, 11) is -3.52. The predicted molar refractivity (Wildman–Crippen MR) is 87.1 cm³/mol. The Hall–Kier alpha value is -1.15. The summed E-state index contributed by atoms with van der Waals surface area (Å²) in [5.74, 6) is 0. The Balaban J connectivity index is 1.96. The molecule has 1 fully saturated rings. The van der Waals surface area contributed by atoms with Crippen molar-refractivity contribution < 1.29 is 8.42 Å². The predicted octanol–water partition coefficient (Wildman–Crippen LogP) is 2.40. The van der Waals surface area contributed by atoms with Crippen molar-refractivity contribution in [2.45, 2.75) is 24.3 Å². The third-order valence-electron chi connectivity index (χ3n) is 3.66. The zero-order valence-electron chi connectivity index (χ0n) is 11.7. The average molecular weight is 359 g/mol. The Bertz CT molecular complexity index is 836. The third-order valence-corrected chi connectivity index (χ3v) is 6.92. The number of pyridine rings is 1. The first-order chi connectivity index (χ1) is 10.5. The standard InChI is InChI=1S/C14H15ClN2O3S2/c15-12-5-8-21-13(12)10-16-9-11(3-4-14(16)18)22(19,20)17-6-1-2-7-17/h3-5,8-9H,1-2,6-7,10H2. The van der Waals surface area contributed by atoms with E-state index >= 15 is 0 Å². The normalized spacial score (nSPS) is 16.2. The van der Waals surface area contributed by atoms with Gasteiger partial charge in [-0.1, -0.05) is 11.6 Å². The number of halogens is 1. The topological polar surface area (TPSA) is 59.4 Å². The molecular weight excluding hydrogens is 344 g/mol. The quantitative estimate of drug-likeness (QED) is 0.843. The molecule has 0 unspecified atom stereocenters. The van der Waals surface area contributed by atoms with Crippen molar-refractivity contribution in [3.8, 4) is 0 Å². The fourth-order valence-corrected chi connectivity index (χ4v) is 5.09. The summed E-state index contributed by atoms with van der Waals surface area (Å²) in [6.45, 7) is 1.36. The largest absolute Gasteiger partial charge is 0.309 e. The minimum atomic E-state index is -3.52. The molecule has 0 bridgehead atoms. The van der Waals surface area contributed by atoms with Gasteiger partial charge in [-0.15, -0.1) is 11.3 Å². The lowest BCUT2D eigenvalue weighted by atomic mass is 10.4. The van der Waals surface area contributed by atoms with Crippen molar-refractivity contribution >= 4 is 33.0 Å². The van der Waals surface area contributed by atoms with E-state index in [1.807, 2.05) is 5.38 Å². The van der Waals surface area contributed by atoms with Crippen molar-refractivity contribution in [1.82, 2.24) is 8.87 Å². The molecule has 0 aromatic carbocycles. The molecule has 0 spiro atoms. The van der Waals surface area contributed by atoms with E-state index in [-0.39, 0.29) is 17.0 Å². The first-order valence-corrected chi connectivity index (χ1v) is 9.61. The van der Waals surface area contributed by atoms with Crippen LogP contribution in [0.4, 0.5) is 0 Å². The Labute approximate surface area is 137 Å². The monoisotopic (exact) mass is 358 g/mol. The highest BCUT2D eigenvalue weighted by Crippen LogP contribution is 2.23. The summed E-state index contributed by atoms with van der Waals surface area (Å²) in [6.07, 6.45) is 3.17. The number of nitrogens with zero attached hydrogens (tertiary/aromatic N) is 2. The molecule has 3 rings (SSSR count). The van der Waals surface area contributed by atoms with Crippen molar-refractivity contribution in [3.05, 3.63) is 50.0 Å². The Kier molecular flexibility index (Phi) is 4.40. The van der Waals surface area contributed by atoms with Crippen LogP contribution in [-0.2, 0) is 16.6 Å². The molecule has 8 heteroatoms. The van der Waals surface area contributed by atoms with Gasteiger partial charge in [0, 0.05) is 30.2 Å². The molecule has 118 valence electrons. The lowest BCUT2D eigenvalue weighted by molar-refractivity contribution is 0.476. The molecule has 1 saturated heterocycles. The third kappa shape index (κ3) is 2.99. The number of rotatable bonds is 4. The van der Waals surface area contributed by atoms with Crippen LogP contribution >= 0.6 is 22.9 Å². The number of thiophene rings is 1. The second-order valence-corrected chi connectivity index (χ2v) is 8.48. The number of aromatic nitrogens is 1. The highest BCUT2D eigenvalue weighted by molar-refractivity contribution is 7.89. The summed E-state index contributed by atoms with van der Waals surface area (Å²) >= 11 is 7.48. The van der Waals surface area contributed by atoms with Crippen LogP contribution in [0, 0.1) is 0 Å². The summed E-state index contributed by atoms with van der Waals surface area (Å²) in [4.78, 5) is 13.0. The second kappa shape index (κ2) is 6.16. The van der Waals surface area contributed by atoms with E-state index in [1.165, 1.54) is 38.5 Å². The van der Waals surface area contributed by atoms with Crippen molar-refractivity contribution in [3.63, 3.8) is 0 Å². The smallest absolute Gasteiger partial charge is 0.250 e. The maximum absolute atomic E-state index is 12.6. The van der Waals surface area contributed by atoms with E-state index < -0.39 is 10.0 Å². The molecule has 2 aromatic heterocycles. The van der Waals surface area contributed by atoms with E-state index in [4.69, 9.17) is 11.6 Å². The van der Waals surface area contributed by atoms with Gasteiger partial charge in [0.15, 0.2) is 0 Å². The SMILES string of the molecule is O=c1ccc(S(=O)(=O)N2CCCC2)cn1Cc1sccc1Cl. The van der Waals surface area contributed by atoms with Crippen LogP contribution < -0.4 is 5.56 Å². The molecule has 0 N–H and O–H groups in total. The van der Waals surface area contributed by atoms with Crippen LogP contribution in [0.2, 0.25) is 5.02 Å². The summed E-state index contributed by atoms with van der Waals surface area (Å²) in [6, 6.07) is 4.43. The molecule has 0 radical (unpaired) electrons. The molecular formula is C14H15ClN2O3S2. The van der Waals surface area contributed by atoms with Crippen molar-refractivity contribution in [2.75, 3.05) is 13.1 Å². The van der Waals surface area contributed by atoms with Crippen LogP contribution in [-0.4, -0.2) is 30.4 Å². The first-order valence-electron chi connectivity index (χ1n) is 6.91. The van der Waals surface area contributed by atoms with Gasteiger partial charge in [-0.2, -0.15) is 4.31 Å². The summed E-state index contributed by atoms with van der Waals surface area (Å²) in [5.41, 5.74) is -0.246. The van der Waals surface area contributed by atoms with Crippen LogP contribution in [0.15, 0.2) is 39.5 Å². The summed E-state index contributed by atoms with van der Waals surface area (Å²) < 4.78 is 28.0. The van der Waals surface area contributed by atoms with Crippen LogP contribution in [0.5, 0.6) is 0 Å². The molecule has 22 heavy (non-hydrogen) atoms. The van der Waals surface area contributed by atoms with Gasteiger partial charge in [-0.25, -0.2) is 8.42 Å². The molecule has 0 amide bonds. The molecule has 1 aliphatic rings. The highest BCUT2D eigenvalue weighted by Gasteiger charge is 2.27. The van der Waals surface area contributed by atoms with E-state index in [1.54, 1.807) is 6.07 Å². The fraction of sp³-hybridized carbons (Fsp3) is 0.357. The van der Waals surface area contributed by atoms with Gasteiger partial charge in [0.25, 0.3) is 5.56 Å². The van der Waals surface area contributed by atoms with Gasteiger partial charge in [0.2, 0.25) is 10.0 Å².